The SMILES string of the molecule is CN(CC(=O)N1CCC(C(=O)O)CC1)C1CC1. The number of amides is 1. The molecule has 2 rings (SSSR count). The molecule has 96 valence electrons. The highest BCUT2D eigenvalue weighted by molar-refractivity contribution is 5.79. The molecule has 2 aliphatic rings. The molecule has 1 saturated carbocycles. The van der Waals surface area contributed by atoms with Crippen LogP contribution in [0.2, 0.25) is 0 Å². The molecule has 0 radical (unpaired) electrons. The average Bonchev–Trinajstić information content (AvgIpc) is 3.12. The van der Waals surface area contributed by atoms with E-state index in [2.05, 4.69) is 4.90 Å². The minimum atomic E-state index is -0.729. The minimum absolute atomic E-state index is 0.142. The average molecular weight is 240 g/mol. The van der Waals surface area contributed by atoms with Crippen molar-refractivity contribution in [3.05, 3.63) is 0 Å². The van der Waals surface area contributed by atoms with Gasteiger partial charge in [0.1, 0.15) is 0 Å². The van der Waals surface area contributed by atoms with Crippen LogP contribution in [0, 0.1) is 5.92 Å². The molecule has 1 heterocycles. The summed E-state index contributed by atoms with van der Waals surface area (Å²) >= 11 is 0. The molecule has 0 spiro atoms. The zero-order valence-electron chi connectivity index (χ0n) is 10.3. The van der Waals surface area contributed by atoms with Crippen molar-refractivity contribution in [3.63, 3.8) is 0 Å². The summed E-state index contributed by atoms with van der Waals surface area (Å²) in [5, 5.41) is 8.88. The number of likely N-dealkylation sites (tertiary alicyclic amines) is 1. The summed E-state index contributed by atoms with van der Waals surface area (Å²) in [5.41, 5.74) is 0. The molecule has 0 aromatic carbocycles. The topological polar surface area (TPSA) is 60.9 Å². The second-order valence-electron chi connectivity index (χ2n) is 5.14. The Kier molecular flexibility index (Phi) is 3.66. The predicted octanol–water partition coefficient (Wildman–Crippen LogP) is 0.404. The lowest BCUT2D eigenvalue weighted by Gasteiger charge is -2.31. The van der Waals surface area contributed by atoms with Crippen molar-refractivity contribution >= 4 is 11.9 Å². The maximum atomic E-state index is 12.0. The molecule has 0 unspecified atom stereocenters. The second-order valence-corrected chi connectivity index (χ2v) is 5.14. The lowest BCUT2D eigenvalue weighted by atomic mass is 9.97. The summed E-state index contributed by atoms with van der Waals surface area (Å²) in [5.74, 6) is -0.851. The Balaban J connectivity index is 1.75. The van der Waals surface area contributed by atoms with Crippen LogP contribution in [-0.2, 0) is 9.59 Å². The van der Waals surface area contributed by atoms with E-state index in [1.165, 1.54) is 12.8 Å². The van der Waals surface area contributed by atoms with Crippen LogP contribution >= 0.6 is 0 Å². The molecule has 1 amide bonds. The van der Waals surface area contributed by atoms with Crippen molar-refractivity contribution in [2.45, 2.75) is 31.7 Å². The highest BCUT2D eigenvalue weighted by Crippen LogP contribution is 2.25. The molecule has 2 fully saturated rings. The largest absolute Gasteiger partial charge is 0.481 e. The number of carbonyl (C=O) groups is 2. The third-order valence-corrected chi connectivity index (χ3v) is 3.75. The van der Waals surface area contributed by atoms with Crippen LogP contribution in [0.4, 0.5) is 0 Å². The van der Waals surface area contributed by atoms with E-state index in [0.717, 1.165) is 0 Å². The second kappa shape index (κ2) is 5.04. The molecule has 1 N–H and O–H groups in total. The molecule has 5 heteroatoms. The summed E-state index contributed by atoms with van der Waals surface area (Å²) < 4.78 is 0. The van der Waals surface area contributed by atoms with Crippen LogP contribution in [0.1, 0.15) is 25.7 Å². The van der Waals surface area contributed by atoms with Gasteiger partial charge in [-0.15, -0.1) is 0 Å². The van der Waals surface area contributed by atoms with Gasteiger partial charge in [-0.25, -0.2) is 0 Å². The standard InChI is InChI=1S/C12H20N2O3/c1-13(10-2-3-10)8-11(15)14-6-4-9(5-7-14)12(16)17/h9-10H,2-8H2,1H3,(H,16,17). The highest BCUT2D eigenvalue weighted by atomic mass is 16.4. The monoisotopic (exact) mass is 240 g/mol. The maximum Gasteiger partial charge on any atom is 0.306 e. The third kappa shape index (κ3) is 3.19. The van der Waals surface area contributed by atoms with Crippen LogP contribution in [-0.4, -0.2) is 59.5 Å². The Labute approximate surface area is 101 Å². The van der Waals surface area contributed by atoms with E-state index in [-0.39, 0.29) is 11.8 Å². The molecule has 1 saturated heterocycles. The van der Waals surface area contributed by atoms with Gasteiger partial charge in [-0.2, -0.15) is 0 Å². The van der Waals surface area contributed by atoms with E-state index < -0.39 is 5.97 Å². The third-order valence-electron chi connectivity index (χ3n) is 3.75. The normalized spacial score (nSPS) is 21.9. The van der Waals surface area contributed by atoms with E-state index in [4.69, 9.17) is 5.11 Å². The molecule has 1 aliphatic heterocycles. The fourth-order valence-corrected chi connectivity index (χ4v) is 2.33. The van der Waals surface area contributed by atoms with Crippen molar-refractivity contribution in [2.24, 2.45) is 5.92 Å². The van der Waals surface area contributed by atoms with Gasteiger partial charge in [0, 0.05) is 19.1 Å². The van der Waals surface area contributed by atoms with Gasteiger partial charge < -0.3 is 10.0 Å². The molecule has 17 heavy (non-hydrogen) atoms. The number of carboxylic acids is 1. The first-order chi connectivity index (χ1) is 8.08. The Morgan fingerprint density at radius 1 is 1.24 bits per heavy atom. The summed E-state index contributed by atoms with van der Waals surface area (Å²) in [7, 11) is 1.99. The molecule has 1 aliphatic carbocycles. The van der Waals surface area contributed by atoms with Crippen molar-refractivity contribution < 1.29 is 14.7 Å². The number of rotatable bonds is 4. The Hall–Kier alpha value is -1.10. The zero-order valence-corrected chi connectivity index (χ0v) is 10.3. The van der Waals surface area contributed by atoms with Crippen molar-refractivity contribution in [3.8, 4) is 0 Å². The fourth-order valence-electron chi connectivity index (χ4n) is 2.33. The van der Waals surface area contributed by atoms with Gasteiger partial charge in [0.25, 0.3) is 0 Å². The zero-order chi connectivity index (χ0) is 12.4. The van der Waals surface area contributed by atoms with E-state index in [1.54, 1.807) is 4.90 Å². The lowest BCUT2D eigenvalue weighted by molar-refractivity contribution is -0.145. The number of hydrogen-bond acceptors (Lipinski definition) is 3. The van der Waals surface area contributed by atoms with Crippen LogP contribution in [0.15, 0.2) is 0 Å². The van der Waals surface area contributed by atoms with Gasteiger partial charge in [0.15, 0.2) is 0 Å². The first kappa shape index (κ1) is 12.4. The number of carboxylic acid groups (broad SMARTS) is 1. The number of hydrogen-bond donors (Lipinski definition) is 1. The summed E-state index contributed by atoms with van der Waals surface area (Å²) in [6.07, 6.45) is 3.58. The summed E-state index contributed by atoms with van der Waals surface area (Å²) in [4.78, 5) is 26.7. The Morgan fingerprint density at radius 2 is 1.82 bits per heavy atom. The van der Waals surface area contributed by atoms with Crippen molar-refractivity contribution in [1.82, 2.24) is 9.80 Å². The van der Waals surface area contributed by atoms with E-state index >= 15 is 0 Å². The van der Waals surface area contributed by atoms with E-state index in [1.807, 2.05) is 7.05 Å². The van der Waals surface area contributed by atoms with Gasteiger partial charge >= 0.3 is 5.97 Å². The van der Waals surface area contributed by atoms with Crippen molar-refractivity contribution in [2.75, 3.05) is 26.7 Å². The van der Waals surface area contributed by atoms with Gasteiger partial charge in [0.2, 0.25) is 5.91 Å². The van der Waals surface area contributed by atoms with Crippen LogP contribution < -0.4 is 0 Å². The quantitative estimate of drug-likeness (QED) is 0.773. The molecule has 0 aromatic rings. The molecule has 0 atom stereocenters. The van der Waals surface area contributed by atoms with Crippen molar-refractivity contribution in [1.29, 1.82) is 0 Å². The molecule has 5 nitrogen and oxygen atoms in total. The molecule has 0 bridgehead atoms. The first-order valence-electron chi connectivity index (χ1n) is 6.28. The number of nitrogens with zero attached hydrogens (tertiary/aromatic N) is 2. The lowest BCUT2D eigenvalue weighted by Crippen LogP contribution is -2.44. The Bertz CT molecular complexity index is 307. The van der Waals surface area contributed by atoms with Gasteiger partial charge in [0.05, 0.1) is 12.5 Å². The molecule has 0 aromatic heterocycles. The summed E-state index contributed by atoms with van der Waals surface area (Å²) in [6.45, 7) is 1.66. The Morgan fingerprint density at radius 3 is 2.29 bits per heavy atom. The fraction of sp³-hybridized carbons (Fsp3) is 0.833. The highest BCUT2D eigenvalue weighted by Gasteiger charge is 2.30. The smallest absolute Gasteiger partial charge is 0.306 e. The number of aliphatic carboxylic acids is 1. The van der Waals surface area contributed by atoms with Gasteiger partial charge in [-0.3, -0.25) is 14.5 Å². The van der Waals surface area contributed by atoms with Gasteiger partial charge in [-0.1, -0.05) is 0 Å². The van der Waals surface area contributed by atoms with Crippen LogP contribution in [0.3, 0.4) is 0 Å². The van der Waals surface area contributed by atoms with E-state index in [0.29, 0.717) is 38.5 Å². The van der Waals surface area contributed by atoms with Gasteiger partial charge in [-0.05, 0) is 32.7 Å². The first-order valence-corrected chi connectivity index (χ1v) is 6.28. The maximum absolute atomic E-state index is 12.0. The number of piperidine rings is 1. The minimum Gasteiger partial charge on any atom is -0.481 e. The molecular formula is C12H20N2O3. The van der Waals surface area contributed by atoms with Crippen LogP contribution in [0.25, 0.3) is 0 Å². The predicted molar refractivity (Wildman–Crippen MR) is 62.6 cm³/mol. The van der Waals surface area contributed by atoms with Crippen LogP contribution in [0.5, 0.6) is 0 Å². The summed E-state index contributed by atoms with van der Waals surface area (Å²) in [6, 6.07) is 0.593. The number of carbonyl (C=O) groups excluding carboxylic acids is 1. The number of likely N-dealkylation sites (N-methyl/N-ethyl adjacent to an activating group) is 1. The molecular weight excluding hydrogens is 220 g/mol. The van der Waals surface area contributed by atoms with E-state index in [9.17, 15) is 9.59 Å².